The Morgan fingerprint density at radius 3 is 2.41 bits per heavy atom. The Labute approximate surface area is 211 Å². The molecule has 0 bridgehead atoms. The van der Waals surface area contributed by atoms with Gasteiger partial charge in [-0.3, -0.25) is 24.0 Å². The molecule has 198 valence electrons. The molecule has 0 spiro atoms. The van der Waals surface area contributed by atoms with Crippen molar-refractivity contribution < 1.29 is 52.3 Å². The molecule has 1 aromatic carbocycles. The van der Waals surface area contributed by atoms with E-state index in [9.17, 15) is 37.9 Å². The van der Waals surface area contributed by atoms with Crippen molar-refractivity contribution in [3.05, 3.63) is 34.9 Å². The van der Waals surface area contributed by atoms with E-state index >= 15 is 0 Å². The Kier molecular flexibility index (Phi) is 10.1. The van der Waals surface area contributed by atoms with Crippen LogP contribution in [0.1, 0.15) is 42.6 Å². The molecule has 37 heavy (non-hydrogen) atoms. The summed E-state index contributed by atoms with van der Waals surface area (Å²) in [4.78, 5) is 59.4. The molecular formula is C23H25BF2N2O9. The minimum atomic E-state index is -1.64. The van der Waals surface area contributed by atoms with Crippen LogP contribution in [0.2, 0.25) is 0 Å². The molecule has 4 N–H and O–H groups in total. The second kappa shape index (κ2) is 12.8. The highest BCUT2D eigenvalue weighted by Crippen LogP contribution is 2.24. The molecule has 2 amide bonds. The summed E-state index contributed by atoms with van der Waals surface area (Å²) in [7, 11) is -1.53. The number of carboxylic acid groups (broad SMARTS) is 2. The van der Waals surface area contributed by atoms with Crippen LogP contribution in [0.3, 0.4) is 0 Å². The Morgan fingerprint density at radius 2 is 1.81 bits per heavy atom. The highest BCUT2D eigenvalue weighted by molar-refractivity contribution is 6.52. The number of hydrogen-bond donors (Lipinski definition) is 4. The molecule has 0 saturated carbocycles. The molecule has 1 aliphatic rings. The van der Waals surface area contributed by atoms with Crippen LogP contribution in [0.25, 0.3) is 0 Å². The second-order valence-corrected chi connectivity index (χ2v) is 8.49. The lowest BCUT2D eigenvalue weighted by Gasteiger charge is -2.17. The fraction of sp³-hybridized carbons (Fsp3) is 0.435. The molecule has 1 saturated heterocycles. The number of hydrogen-bond acceptors (Lipinski definition) is 7. The van der Waals surface area contributed by atoms with E-state index in [1.165, 1.54) is 6.92 Å². The lowest BCUT2D eigenvalue weighted by Crippen LogP contribution is -2.50. The van der Waals surface area contributed by atoms with E-state index in [0.717, 1.165) is 6.07 Å². The predicted molar refractivity (Wildman–Crippen MR) is 123 cm³/mol. The number of rotatable bonds is 10. The monoisotopic (exact) mass is 522 g/mol. The molecule has 0 aromatic heterocycles. The van der Waals surface area contributed by atoms with Gasteiger partial charge in [0.1, 0.15) is 17.6 Å². The molecule has 1 aliphatic heterocycles. The van der Waals surface area contributed by atoms with Crippen LogP contribution >= 0.6 is 0 Å². The fourth-order valence-corrected chi connectivity index (χ4v) is 3.23. The van der Waals surface area contributed by atoms with E-state index < -0.39 is 91.4 Å². The van der Waals surface area contributed by atoms with Crippen LogP contribution in [0.15, 0.2) is 12.1 Å². The summed E-state index contributed by atoms with van der Waals surface area (Å²) in [5.41, 5.74) is -0.611. The van der Waals surface area contributed by atoms with Crippen molar-refractivity contribution >= 4 is 36.8 Å². The molecule has 0 radical (unpaired) electrons. The van der Waals surface area contributed by atoms with E-state index in [2.05, 4.69) is 22.5 Å². The Balaban J connectivity index is 2.11. The molecular weight excluding hydrogens is 497 g/mol. The second-order valence-electron chi connectivity index (χ2n) is 8.49. The number of carbonyl (C=O) groups excluding carboxylic acids is 3. The molecule has 14 heteroatoms. The predicted octanol–water partition coefficient (Wildman–Crippen LogP) is 0.682. The third kappa shape index (κ3) is 8.28. The van der Waals surface area contributed by atoms with Gasteiger partial charge >= 0.3 is 25.0 Å². The van der Waals surface area contributed by atoms with Crippen LogP contribution in [0, 0.1) is 42.2 Å². The maximum atomic E-state index is 14.0. The van der Waals surface area contributed by atoms with Gasteiger partial charge in [-0.15, -0.1) is 0 Å². The minimum Gasteiger partial charge on any atom is -0.506 e. The first-order valence-electron chi connectivity index (χ1n) is 11.1. The summed E-state index contributed by atoms with van der Waals surface area (Å²) in [5.74, 6) is -5.10. The van der Waals surface area contributed by atoms with Crippen molar-refractivity contribution in [2.45, 2.75) is 45.7 Å². The maximum Gasteiger partial charge on any atom is 0.565 e. The van der Waals surface area contributed by atoms with Crippen molar-refractivity contribution in [1.29, 1.82) is 0 Å². The molecule has 2 unspecified atom stereocenters. The third-order valence-corrected chi connectivity index (χ3v) is 5.12. The number of aliphatic carboxylic acids is 2. The Morgan fingerprint density at radius 1 is 1.14 bits per heavy atom. The molecule has 1 fully saturated rings. The zero-order chi connectivity index (χ0) is 27.9. The van der Waals surface area contributed by atoms with Gasteiger partial charge in [-0.25, -0.2) is 8.78 Å². The number of benzene rings is 1. The van der Waals surface area contributed by atoms with E-state index in [4.69, 9.17) is 14.4 Å². The van der Waals surface area contributed by atoms with Crippen molar-refractivity contribution in [2.24, 2.45) is 11.8 Å². The van der Waals surface area contributed by atoms with Gasteiger partial charge in [-0.1, -0.05) is 25.7 Å². The van der Waals surface area contributed by atoms with Crippen molar-refractivity contribution in [2.75, 3.05) is 6.54 Å². The van der Waals surface area contributed by atoms with Gasteiger partial charge in [0.25, 0.3) is 5.91 Å². The summed E-state index contributed by atoms with van der Waals surface area (Å²) < 4.78 is 38.2. The summed E-state index contributed by atoms with van der Waals surface area (Å²) >= 11 is 0. The maximum absolute atomic E-state index is 14.0. The van der Waals surface area contributed by atoms with Gasteiger partial charge in [0.2, 0.25) is 5.91 Å². The summed E-state index contributed by atoms with van der Waals surface area (Å²) in [6.07, 6.45) is -2.58. The standard InChI is InChI=1S/C23H25BF2N2O9/c1-11(2)4-6-17(24-36-20(23(35)37-24)13(22(33)34)5-7-19(30)31)28-18(29)10-27-21(32)14-9-15(25)12(3)8-16(14)26/h8-9,11,13,17,20H,5,7,10H2,1-3H3,(H,27,32)(H,28,29)(H,30,31)(H,33,34)/t13?,17-,20?/m0/s1. The largest absolute Gasteiger partial charge is 0.565 e. The van der Waals surface area contributed by atoms with Gasteiger partial charge < -0.3 is 30.2 Å². The SMILES string of the molecule is Cc1cc(F)c(C(=O)NCC(=O)N[C@@H](C#CC(C)C)B2OC(=O)C(C(CCC(=O)O)C(=O)O)O2)cc1F. The first-order chi connectivity index (χ1) is 17.3. The summed E-state index contributed by atoms with van der Waals surface area (Å²) in [6.45, 7) is 4.10. The molecule has 2 rings (SSSR count). The lowest BCUT2D eigenvalue weighted by molar-refractivity contribution is -0.152. The highest BCUT2D eigenvalue weighted by atomic mass is 19.1. The van der Waals surface area contributed by atoms with Crippen molar-refractivity contribution in [1.82, 2.24) is 10.6 Å². The van der Waals surface area contributed by atoms with Gasteiger partial charge in [-0.05, 0) is 31.0 Å². The van der Waals surface area contributed by atoms with Crippen LogP contribution in [0.4, 0.5) is 8.78 Å². The summed E-state index contributed by atoms with van der Waals surface area (Å²) in [6, 6.07) is 1.54. The van der Waals surface area contributed by atoms with Gasteiger partial charge in [0.05, 0.1) is 18.0 Å². The average Bonchev–Trinajstić information content (AvgIpc) is 3.18. The Bertz CT molecular complexity index is 1150. The minimum absolute atomic E-state index is 0.00382. The van der Waals surface area contributed by atoms with Crippen LogP contribution in [0.5, 0.6) is 0 Å². The number of halogens is 2. The van der Waals surface area contributed by atoms with E-state index in [-0.39, 0.29) is 11.5 Å². The topological polar surface area (TPSA) is 168 Å². The van der Waals surface area contributed by atoms with Crippen LogP contribution in [-0.2, 0) is 28.5 Å². The molecule has 11 nitrogen and oxygen atoms in total. The van der Waals surface area contributed by atoms with Crippen molar-refractivity contribution in [3.63, 3.8) is 0 Å². The first-order valence-corrected chi connectivity index (χ1v) is 11.1. The average molecular weight is 522 g/mol. The Hall–Kier alpha value is -3.99. The first kappa shape index (κ1) is 29.2. The van der Waals surface area contributed by atoms with E-state index in [1.807, 2.05) is 0 Å². The number of amides is 2. The summed E-state index contributed by atoms with van der Waals surface area (Å²) in [5, 5.41) is 22.8. The molecule has 1 aromatic rings. The van der Waals surface area contributed by atoms with E-state index in [1.54, 1.807) is 13.8 Å². The van der Waals surface area contributed by atoms with Crippen LogP contribution < -0.4 is 10.6 Å². The number of carbonyl (C=O) groups is 5. The number of nitrogens with one attached hydrogen (secondary N) is 2. The van der Waals surface area contributed by atoms with Gasteiger partial charge in [0.15, 0.2) is 6.10 Å². The highest BCUT2D eigenvalue weighted by Gasteiger charge is 2.50. The lowest BCUT2D eigenvalue weighted by atomic mass is 9.78. The molecule has 0 aliphatic carbocycles. The van der Waals surface area contributed by atoms with Gasteiger partial charge in [0, 0.05) is 12.3 Å². The normalized spacial score (nSPS) is 16.3. The number of carboxylic acids is 2. The smallest absolute Gasteiger partial charge is 0.506 e. The third-order valence-electron chi connectivity index (χ3n) is 5.12. The number of aryl methyl sites for hydroxylation is 1. The zero-order valence-electron chi connectivity index (χ0n) is 20.2. The van der Waals surface area contributed by atoms with Crippen molar-refractivity contribution in [3.8, 4) is 11.8 Å². The quantitative estimate of drug-likeness (QED) is 0.255. The zero-order valence-corrected chi connectivity index (χ0v) is 20.2. The van der Waals surface area contributed by atoms with E-state index in [0.29, 0.717) is 6.07 Å². The molecule has 3 atom stereocenters. The molecule has 1 heterocycles. The van der Waals surface area contributed by atoms with Crippen LogP contribution in [-0.4, -0.2) is 65.6 Å². The van der Waals surface area contributed by atoms with Gasteiger partial charge in [-0.2, -0.15) is 0 Å². The fourth-order valence-electron chi connectivity index (χ4n) is 3.23.